The number of ketones is 1. The number of aryl methyl sites for hydroxylation is 1. The highest BCUT2D eigenvalue weighted by Crippen LogP contribution is 2.38. The largest absolute Gasteiger partial charge is 0.450 e. The van der Waals surface area contributed by atoms with Crippen LogP contribution in [0.2, 0.25) is 0 Å². The molecule has 2 N–H and O–H groups in total. The van der Waals surface area contributed by atoms with Crippen LogP contribution >= 0.6 is 0 Å². The fourth-order valence-electron chi connectivity index (χ4n) is 3.45. The second-order valence-corrected chi connectivity index (χ2v) is 6.40. The quantitative estimate of drug-likeness (QED) is 0.775. The number of carbonyl (C=O) groups excluding carboxylic acids is 2. The molecule has 142 valence electrons. The van der Waals surface area contributed by atoms with Gasteiger partial charge in [0.15, 0.2) is 5.78 Å². The number of hydrogen-bond donors (Lipinski definition) is 2. The second kappa shape index (κ2) is 8.22. The average Bonchev–Trinajstić information content (AvgIpc) is 2.79. The molecule has 0 bridgehead atoms. The van der Waals surface area contributed by atoms with Crippen molar-refractivity contribution in [1.82, 2.24) is 5.43 Å². The van der Waals surface area contributed by atoms with E-state index in [1.54, 1.807) is 19.9 Å². The Balaban J connectivity index is 2.15. The van der Waals surface area contributed by atoms with Crippen molar-refractivity contribution in [2.24, 2.45) is 0 Å². The third-order valence-electron chi connectivity index (χ3n) is 4.56. The molecule has 0 saturated heterocycles. The molecule has 1 heterocycles. The van der Waals surface area contributed by atoms with Crippen molar-refractivity contribution in [2.45, 2.75) is 33.6 Å². The second-order valence-electron chi connectivity index (χ2n) is 6.40. The van der Waals surface area contributed by atoms with Crippen LogP contribution in [0.1, 0.15) is 42.3 Å². The zero-order valence-corrected chi connectivity index (χ0v) is 16.0. The van der Waals surface area contributed by atoms with E-state index in [1.807, 2.05) is 30.1 Å². The van der Waals surface area contributed by atoms with Crippen LogP contribution in [0.25, 0.3) is 0 Å². The Labute approximate surface area is 159 Å². The number of amides is 1. The zero-order valence-electron chi connectivity index (χ0n) is 16.0. The Hall–Kier alpha value is -2.86. The third kappa shape index (κ3) is 3.95. The molecule has 6 heteroatoms. The van der Waals surface area contributed by atoms with Gasteiger partial charge in [-0.1, -0.05) is 25.1 Å². The molecule has 3 rings (SSSR count). The molecule has 1 aliphatic heterocycles. The van der Waals surface area contributed by atoms with Gasteiger partial charge in [0.25, 0.3) is 0 Å². The first-order valence-electron chi connectivity index (χ1n) is 9.28. The molecule has 0 radical (unpaired) electrons. The van der Waals surface area contributed by atoms with E-state index in [0.29, 0.717) is 11.3 Å². The maximum Gasteiger partial charge on any atom is 0.411 e. The maximum absolute atomic E-state index is 12.3. The van der Waals surface area contributed by atoms with Gasteiger partial charge in [-0.3, -0.25) is 15.1 Å². The number of para-hydroxylation sites is 1. The van der Waals surface area contributed by atoms with Crippen molar-refractivity contribution >= 4 is 28.9 Å². The van der Waals surface area contributed by atoms with E-state index in [1.165, 1.54) is 5.56 Å². The summed E-state index contributed by atoms with van der Waals surface area (Å²) >= 11 is 0. The number of nitrogens with zero attached hydrogens (tertiary/aromatic N) is 1. The molecule has 0 fully saturated rings. The van der Waals surface area contributed by atoms with Gasteiger partial charge < -0.3 is 4.74 Å². The van der Waals surface area contributed by atoms with Crippen LogP contribution in [0, 0.1) is 0 Å². The van der Waals surface area contributed by atoms with Gasteiger partial charge in [-0.25, -0.2) is 10.2 Å². The number of hydrogen-bond acceptors (Lipinski definition) is 5. The highest BCUT2D eigenvalue weighted by atomic mass is 16.5. The Morgan fingerprint density at radius 1 is 1.11 bits per heavy atom. The predicted octanol–water partition coefficient (Wildman–Crippen LogP) is 4.22. The lowest BCUT2D eigenvalue weighted by Crippen LogP contribution is -2.34. The van der Waals surface area contributed by atoms with Crippen LogP contribution < -0.4 is 15.8 Å². The summed E-state index contributed by atoms with van der Waals surface area (Å²) in [6.07, 6.45) is 1.06. The summed E-state index contributed by atoms with van der Waals surface area (Å²) in [4.78, 5) is 24.2. The summed E-state index contributed by atoms with van der Waals surface area (Å²) in [5.74, 6) is -0.0267. The van der Waals surface area contributed by atoms with E-state index in [4.69, 9.17) is 4.74 Å². The monoisotopic (exact) mass is 367 g/mol. The van der Waals surface area contributed by atoms with Crippen LogP contribution in [-0.2, 0) is 17.6 Å². The summed E-state index contributed by atoms with van der Waals surface area (Å²) in [5, 5.41) is 4.74. The number of ether oxygens (including phenoxy) is 1. The van der Waals surface area contributed by atoms with E-state index in [-0.39, 0.29) is 12.4 Å². The first-order valence-corrected chi connectivity index (χ1v) is 9.28. The Morgan fingerprint density at radius 3 is 2.59 bits per heavy atom. The van der Waals surface area contributed by atoms with Gasteiger partial charge in [-0.2, -0.15) is 0 Å². The minimum atomic E-state index is -0.532. The number of benzene rings is 2. The zero-order chi connectivity index (χ0) is 19.4. The van der Waals surface area contributed by atoms with Crippen molar-refractivity contribution < 1.29 is 14.3 Å². The van der Waals surface area contributed by atoms with Crippen molar-refractivity contribution in [3.05, 3.63) is 53.1 Å². The molecule has 2 aromatic rings. The number of anilines is 3. The molecule has 0 aromatic heterocycles. The van der Waals surface area contributed by atoms with Crippen LogP contribution in [0.15, 0.2) is 36.4 Å². The van der Waals surface area contributed by atoms with Crippen molar-refractivity contribution in [3.63, 3.8) is 0 Å². The summed E-state index contributed by atoms with van der Waals surface area (Å²) in [5.41, 5.74) is 8.67. The van der Waals surface area contributed by atoms with E-state index in [0.717, 1.165) is 36.3 Å². The fraction of sp³-hybridized carbons (Fsp3) is 0.333. The van der Waals surface area contributed by atoms with Gasteiger partial charge in [-0.15, -0.1) is 0 Å². The van der Waals surface area contributed by atoms with Crippen LogP contribution in [0.4, 0.5) is 21.9 Å². The lowest BCUT2D eigenvalue weighted by atomic mass is 9.96. The topological polar surface area (TPSA) is 70.7 Å². The van der Waals surface area contributed by atoms with Crippen LogP contribution in [0.5, 0.6) is 0 Å². The number of hydrazine groups is 1. The standard InChI is InChI=1S/C21H25N3O3/c1-4-22-24-19-9-7-6-8-15(19)10-11-17-18(14(3)25)12-16(13-20(17)24)23-21(26)27-5-2/h6-9,12-13,22H,4-5,10-11H2,1-3H3,(H,23,26). The van der Waals surface area contributed by atoms with Crippen molar-refractivity contribution in [2.75, 3.05) is 23.5 Å². The summed E-state index contributed by atoms with van der Waals surface area (Å²) < 4.78 is 4.98. The number of carbonyl (C=O) groups is 2. The molecule has 6 nitrogen and oxygen atoms in total. The molecule has 0 atom stereocenters. The smallest absolute Gasteiger partial charge is 0.411 e. The van der Waals surface area contributed by atoms with Crippen molar-refractivity contribution in [1.29, 1.82) is 0 Å². The molecular weight excluding hydrogens is 342 g/mol. The third-order valence-corrected chi connectivity index (χ3v) is 4.56. The summed E-state index contributed by atoms with van der Waals surface area (Å²) in [6, 6.07) is 11.8. The van der Waals surface area contributed by atoms with Gasteiger partial charge in [0.1, 0.15) is 0 Å². The van der Waals surface area contributed by atoms with Crippen molar-refractivity contribution in [3.8, 4) is 0 Å². The molecule has 2 aromatic carbocycles. The molecule has 0 aliphatic carbocycles. The van der Waals surface area contributed by atoms with Gasteiger partial charge in [0.2, 0.25) is 0 Å². The highest BCUT2D eigenvalue weighted by Gasteiger charge is 2.24. The van der Waals surface area contributed by atoms with Gasteiger partial charge in [-0.05, 0) is 56.0 Å². The van der Waals surface area contributed by atoms with E-state index < -0.39 is 6.09 Å². The number of fused-ring (bicyclic) bond motifs is 2. The van der Waals surface area contributed by atoms with Crippen LogP contribution in [-0.4, -0.2) is 25.0 Å². The van der Waals surface area contributed by atoms with Gasteiger partial charge in [0.05, 0.1) is 18.0 Å². The molecule has 27 heavy (non-hydrogen) atoms. The summed E-state index contributed by atoms with van der Waals surface area (Å²) in [6.45, 7) is 6.34. The van der Waals surface area contributed by atoms with Gasteiger partial charge >= 0.3 is 6.09 Å². The number of rotatable bonds is 5. The van der Waals surface area contributed by atoms with E-state index in [9.17, 15) is 9.59 Å². The number of Topliss-reactive ketones (excluding diaryl/α,β-unsaturated/α-hetero) is 1. The lowest BCUT2D eigenvalue weighted by molar-refractivity contribution is 0.101. The number of nitrogens with one attached hydrogen (secondary N) is 2. The van der Waals surface area contributed by atoms with Gasteiger partial charge in [0, 0.05) is 17.8 Å². The van der Waals surface area contributed by atoms with E-state index in [2.05, 4.69) is 22.9 Å². The minimum Gasteiger partial charge on any atom is -0.450 e. The summed E-state index contributed by atoms with van der Waals surface area (Å²) in [7, 11) is 0. The lowest BCUT2D eigenvalue weighted by Gasteiger charge is -2.28. The maximum atomic E-state index is 12.3. The minimum absolute atomic E-state index is 0.0267. The molecule has 0 unspecified atom stereocenters. The molecule has 0 spiro atoms. The van der Waals surface area contributed by atoms with E-state index >= 15 is 0 Å². The predicted molar refractivity (Wildman–Crippen MR) is 107 cm³/mol. The SMILES string of the molecule is CCNN1c2ccccc2CCc2c(C(C)=O)cc(NC(=O)OCC)cc21. The average molecular weight is 367 g/mol. The molecule has 1 aliphatic rings. The molecular formula is C21H25N3O3. The molecule has 0 saturated carbocycles. The molecule has 1 amide bonds. The van der Waals surface area contributed by atoms with Crippen LogP contribution in [0.3, 0.4) is 0 Å². The Morgan fingerprint density at radius 2 is 1.89 bits per heavy atom. The first kappa shape index (κ1) is 18.9. The normalized spacial score (nSPS) is 12.6. The first-order chi connectivity index (χ1) is 13.0. The Kier molecular flexibility index (Phi) is 5.76. The fourth-order valence-corrected chi connectivity index (χ4v) is 3.45. The Bertz CT molecular complexity index is 864. The highest BCUT2D eigenvalue weighted by molar-refractivity contribution is 6.00.